The van der Waals surface area contributed by atoms with Crippen LogP contribution in [0.3, 0.4) is 0 Å². The molecule has 0 bridgehead atoms. The summed E-state index contributed by atoms with van der Waals surface area (Å²) in [4.78, 5) is 26.1. The number of nitrogens with zero attached hydrogens (tertiary/aromatic N) is 1. The fraction of sp³-hybridized carbons (Fsp3) is 0.500. The molecule has 1 unspecified atom stereocenters. The van der Waals surface area contributed by atoms with Crippen molar-refractivity contribution in [2.75, 3.05) is 23.1 Å². The highest BCUT2D eigenvalue weighted by Crippen LogP contribution is 2.53. The van der Waals surface area contributed by atoms with Gasteiger partial charge in [-0.3, -0.25) is 9.59 Å². The first-order valence-electron chi connectivity index (χ1n) is 11.5. The average molecular weight is 572 g/mol. The number of hydrogen-bond acceptors (Lipinski definition) is 5. The lowest BCUT2D eigenvalue weighted by atomic mass is 9.88. The van der Waals surface area contributed by atoms with Crippen LogP contribution in [0.5, 0.6) is 0 Å². The van der Waals surface area contributed by atoms with Gasteiger partial charge in [0.15, 0.2) is 0 Å². The molecule has 0 radical (unpaired) electrons. The second-order valence-electron chi connectivity index (χ2n) is 9.32. The lowest BCUT2D eigenvalue weighted by Gasteiger charge is -2.36. The maximum atomic E-state index is 13.8. The summed E-state index contributed by atoms with van der Waals surface area (Å²) in [5.74, 6) is -5.35. The first-order valence-corrected chi connectivity index (χ1v) is 12.6. The molecule has 208 valence electrons. The molecule has 38 heavy (non-hydrogen) atoms. The van der Waals surface area contributed by atoms with Crippen molar-refractivity contribution in [2.24, 2.45) is 0 Å². The summed E-state index contributed by atoms with van der Waals surface area (Å²) in [6, 6.07) is 1.73. The van der Waals surface area contributed by atoms with E-state index in [0.717, 1.165) is 18.6 Å². The molecule has 0 spiro atoms. The maximum absolute atomic E-state index is 13.8. The minimum Gasteiger partial charge on any atom is -0.381 e. The first-order chi connectivity index (χ1) is 17.5. The van der Waals surface area contributed by atoms with Gasteiger partial charge >= 0.3 is 18.5 Å². The zero-order chi connectivity index (χ0) is 28.2. The first kappa shape index (κ1) is 28.4. The van der Waals surface area contributed by atoms with Gasteiger partial charge in [-0.1, -0.05) is 31.4 Å². The second kappa shape index (κ2) is 9.83. The van der Waals surface area contributed by atoms with E-state index in [-0.39, 0.29) is 23.0 Å². The molecule has 1 aliphatic heterocycles. The highest BCUT2D eigenvalue weighted by atomic mass is 32.2. The van der Waals surface area contributed by atoms with E-state index in [2.05, 4.69) is 5.32 Å². The molecule has 1 aliphatic carbocycles. The lowest BCUT2D eigenvalue weighted by Crippen LogP contribution is -2.32. The number of ketones is 2. The Morgan fingerprint density at radius 3 is 2.03 bits per heavy atom. The van der Waals surface area contributed by atoms with Gasteiger partial charge in [0.25, 0.3) is 11.6 Å². The molecule has 2 aromatic carbocycles. The summed E-state index contributed by atoms with van der Waals surface area (Å²) < 4.78 is 123. The summed E-state index contributed by atoms with van der Waals surface area (Å²) >= 11 is 0.469. The van der Waals surface area contributed by atoms with Crippen molar-refractivity contribution in [1.82, 2.24) is 0 Å². The van der Waals surface area contributed by atoms with E-state index >= 15 is 0 Å². The standard InChI is InChI=1S/C24H21F9N2O2S/c1-35-10-38-21(24(31,32)33)13-8-7-12-16(18(13)35)14(19(36)22(25,26)27)9-15(20(37)23(28,29)30)17(12)34-11-5-3-2-4-6-11/h7-9,11,21,34H,2-6,10H2,1H3. The van der Waals surface area contributed by atoms with Crippen molar-refractivity contribution in [3.05, 3.63) is 34.9 Å². The number of anilines is 2. The third-order valence-corrected chi connectivity index (χ3v) is 8.05. The molecule has 14 heteroatoms. The Bertz CT molecular complexity index is 1260. The van der Waals surface area contributed by atoms with Crippen molar-refractivity contribution < 1.29 is 49.1 Å². The number of nitrogens with one attached hydrogen (secondary N) is 1. The molecular formula is C24H21F9N2O2S. The molecule has 2 aliphatic rings. The van der Waals surface area contributed by atoms with E-state index in [1.165, 1.54) is 11.9 Å². The average Bonchev–Trinajstić information content (AvgIpc) is 2.81. The monoisotopic (exact) mass is 572 g/mol. The van der Waals surface area contributed by atoms with Crippen molar-refractivity contribution in [1.29, 1.82) is 0 Å². The van der Waals surface area contributed by atoms with Crippen LogP contribution < -0.4 is 10.2 Å². The number of fused-ring (bicyclic) bond motifs is 3. The van der Waals surface area contributed by atoms with Crippen LogP contribution in [-0.4, -0.2) is 49.1 Å². The van der Waals surface area contributed by atoms with Crippen LogP contribution in [-0.2, 0) is 0 Å². The number of carbonyl (C=O) groups is 2. The largest absolute Gasteiger partial charge is 0.454 e. The molecule has 1 atom stereocenters. The molecule has 1 N–H and O–H groups in total. The topological polar surface area (TPSA) is 49.4 Å². The summed E-state index contributed by atoms with van der Waals surface area (Å²) in [5, 5.41) is -0.235. The number of halogens is 9. The zero-order valence-corrected chi connectivity index (χ0v) is 20.5. The van der Waals surface area contributed by atoms with Gasteiger partial charge in [-0.05, 0) is 24.5 Å². The number of benzene rings is 2. The fourth-order valence-electron chi connectivity index (χ4n) is 5.03. The second-order valence-corrected chi connectivity index (χ2v) is 10.4. The van der Waals surface area contributed by atoms with Gasteiger partial charge in [-0.15, -0.1) is 11.8 Å². The molecule has 0 aromatic heterocycles. The van der Waals surface area contributed by atoms with Gasteiger partial charge in [-0.25, -0.2) is 0 Å². The molecule has 4 nitrogen and oxygen atoms in total. The van der Waals surface area contributed by atoms with Crippen molar-refractivity contribution in [2.45, 2.75) is 61.9 Å². The van der Waals surface area contributed by atoms with Crippen molar-refractivity contribution in [3.63, 3.8) is 0 Å². The molecule has 4 rings (SSSR count). The zero-order valence-electron chi connectivity index (χ0n) is 19.7. The molecule has 1 fully saturated rings. The van der Waals surface area contributed by atoms with Crippen LogP contribution >= 0.6 is 11.8 Å². The van der Waals surface area contributed by atoms with E-state index < -0.39 is 69.2 Å². The van der Waals surface area contributed by atoms with Gasteiger partial charge in [0.1, 0.15) is 5.25 Å². The van der Waals surface area contributed by atoms with Crippen LogP contribution in [0.15, 0.2) is 18.2 Å². The van der Waals surface area contributed by atoms with Crippen molar-refractivity contribution in [3.8, 4) is 0 Å². The van der Waals surface area contributed by atoms with E-state index in [9.17, 15) is 49.1 Å². The minimum absolute atomic E-state index is 0.220. The third-order valence-electron chi connectivity index (χ3n) is 6.66. The number of carbonyl (C=O) groups excluding carboxylic acids is 2. The quantitative estimate of drug-likeness (QED) is 0.299. The fourth-order valence-corrected chi connectivity index (χ4v) is 6.09. The van der Waals surface area contributed by atoms with Gasteiger partial charge in [0, 0.05) is 29.4 Å². The van der Waals surface area contributed by atoms with E-state index in [4.69, 9.17) is 0 Å². The highest BCUT2D eigenvalue weighted by Gasteiger charge is 2.48. The smallest absolute Gasteiger partial charge is 0.381 e. The van der Waals surface area contributed by atoms with Gasteiger partial charge < -0.3 is 10.2 Å². The van der Waals surface area contributed by atoms with E-state index in [1.807, 2.05) is 0 Å². The summed E-state index contributed by atoms with van der Waals surface area (Å²) in [5.41, 5.74) is -3.74. The molecule has 0 saturated heterocycles. The molecular weight excluding hydrogens is 551 g/mol. The Hall–Kier alpha value is -2.64. The van der Waals surface area contributed by atoms with E-state index in [1.54, 1.807) is 0 Å². The summed E-state index contributed by atoms with van der Waals surface area (Å²) in [6.07, 6.45) is -12.6. The number of Topliss-reactive ketones (excluding diaryl/α,β-unsaturated/α-hetero) is 2. The van der Waals surface area contributed by atoms with Crippen LogP contribution in [0.4, 0.5) is 50.9 Å². The minimum atomic E-state index is -5.57. The van der Waals surface area contributed by atoms with Gasteiger partial charge in [0.05, 0.1) is 22.8 Å². The SMILES string of the molecule is CN1CSC(C(F)(F)F)c2ccc3c(NC4CCCCC4)c(C(=O)C(F)(F)F)cc(C(=O)C(F)(F)F)c3c21. The van der Waals surface area contributed by atoms with Crippen LogP contribution in [0.1, 0.15) is 63.6 Å². The number of rotatable bonds is 4. The van der Waals surface area contributed by atoms with Gasteiger partial charge in [0.2, 0.25) is 0 Å². The normalized spacial score (nSPS) is 19.4. The lowest BCUT2D eigenvalue weighted by molar-refractivity contribution is -0.129. The third kappa shape index (κ3) is 5.28. The van der Waals surface area contributed by atoms with Gasteiger partial charge in [-0.2, -0.15) is 39.5 Å². The highest BCUT2D eigenvalue weighted by molar-refractivity contribution is 7.99. The Balaban J connectivity index is 2.12. The predicted octanol–water partition coefficient (Wildman–Crippen LogP) is 7.82. The molecule has 2 aromatic rings. The predicted molar refractivity (Wildman–Crippen MR) is 125 cm³/mol. The Morgan fingerprint density at radius 2 is 1.47 bits per heavy atom. The Morgan fingerprint density at radius 1 is 0.895 bits per heavy atom. The van der Waals surface area contributed by atoms with Crippen molar-refractivity contribution >= 4 is 45.5 Å². The Labute approximate surface area is 214 Å². The molecule has 0 amide bonds. The number of alkyl halides is 9. The van der Waals surface area contributed by atoms with E-state index in [0.29, 0.717) is 37.4 Å². The summed E-state index contributed by atoms with van der Waals surface area (Å²) in [7, 11) is 1.31. The molecule has 1 saturated carbocycles. The summed E-state index contributed by atoms with van der Waals surface area (Å²) in [6.45, 7) is 0. The number of thioether (sulfide) groups is 1. The molecule has 1 heterocycles. The maximum Gasteiger partial charge on any atom is 0.454 e. The Kier molecular flexibility index (Phi) is 7.34. The number of hydrogen-bond donors (Lipinski definition) is 1. The van der Waals surface area contributed by atoms with Crippen LogP contribution in [0.2, 0.25) is 0 Å². The van der Waals surface area contributed by atoms with Crippen LogP contribution in [0, 0.1) is 0 Å². The van der Waals surface area contributed by atoms with Crippen LogP contribution in [0.25, 0.3) is 10.8 Å².